The zero-order chi connectivity index (χ0) is 20.5. The largest absolute Gasteiger partial charge is 0.345 e. The first-order valence-electron chi connectivity index (χ1n) is 9.81. The van der Waals surface area contributed by atoms with E-state index in [2.05, 4.69) is 33.2 Å². The number of aromatic nitrogens is 2. The molecule has 1 aromatic carbocycles. The van der Waals surface area contributed by atoms with Crippen LogP contribution >= 0.6 is 22.9 Å². The second-order valence-electron chi connectivity index (χ2n) is 7.95. The zero-order valence-corrected chi connectivity index (χ0v) is 17.8. The fourth-order valence-corrected chi connectivity index (χ4v) is 5.61. The number of hydrogen-bond acceptors (Lipinski definition) is 6. The number of nitrogens with one attached hydrogen (secondary N) is 1. The lowest BCUT2D eigenvalue weighted by Gasteiger charge is -2.31. The number of fused-ring (bicyclic) bond motifs is 4. The molecule has 1 aliphatic carbocycles. The summed E-state index contributed by atoms with van der Waals surface area (Å²) in [5, 5.41) is 4.23. The standard InChI is InChI=1S/C22H18ClN5OS/c1-22-11-15(6-7-18(22)27-9-8-24-21(27)26-22)28-12-25-16-10-17(30-19(16)20(28)29)13-2-4-14(23)5-3-13/h2-7,10,12H,8-9,11H2,1H3,(H,24,26). The fourth-order valence-electron chi connectivity index (χ4n) is 4.44. The van der Waals surface area contributed by atoms with Crippen molar-refractivity contribution in [2.75, 3.05) is 13.1 Å². The number of halogens is 1. The zero-order valence-electron chi connectivity index (χ0n) is 16.2. The molecule has 1 N–H and O–H groups in total. The minimum Gasteiger partial charge on any atom is -0.345 e. The van der Waals surface area contributed by atoms with Gasteiger partial charge in [-0.05, 0) is 42.8 Å². The summed E-state index contributed by atoms with van der Waals surface area (Å²) in [7, 11) is 0. The Kier molecular flexibility index (Phi) is 3.76. The highest BCUT2D eigenvalue weighted by Crippen LogP contribution is 2.39. The van der Waals surface area contributed by atoms with Gasteiger partial charge in [-0.3, -0.25) is 14.4 Å². The molecule has 8 heteroatoms. The fraction of sp³-hybridized carbons (Fsp3) is 0.227. The molecule has 4 heterocycles. The van der Waals surface area contributed by atoms with Gasteiger partial charge in [0.25, 0.3) is 5.56 Å². The van der Waals surface area contributed by atoms with Gasteiger partial charge >= 0.3 is 0 Å². The molecule has 0 saturated carbocycles. The number of rotatable bonds is 2. The van der Waals surface area contributed by atoms with Crippen LogP contribution in [0.1, 0.15) is 13.3 Å². The quantitative estimate of drug-likeness (QED) is 0.662. The average Bonchev–Trinajstić information content (AvgIpc) is 3.41. The molecule has 0 bridgehead atoms. The highest BCUT2D eigenvalue weighted by atomic mass is 35.5. The van der Waals surface area contributed by atoms with Gasteiger partial charge in [0.05, 0.1) is 17.6 Å². The number of aliphatic imine (C=N–C) groups is 1. The van der Waals surface area contributed by atoms with E-state index >= 15 is 0 Å². The smallest absolute Gasteiger partial charge is 0.275 e. The highest BCUT2D eigenvalue weighted by Gasteiger charge is 2.45. The number of allylic oxidation sites excluding steroid dienone is 2. The van der Waals surface area contributed by atoms with Gasteiger partial charge in [-0.15, -0.1) is 11.3 Å². The number of nitrogens with zero attached hydrogens (tertiary/aromatic N) is 4. The van der Waals surface area contributed by atoms with Gasteiger partial charge in [0.15, 0.2) is 5.96 Å². The van der Waals surface area contributed by atoms with E-state index in [1.54, 1.807) is 10.9 Å². The number of thiophene rings is 1. The van der Waals surface area contributed by atoms with Gasteiger partial charge in [0, 0.05) is 34.3 Å². The summed E-state index contributed by atoms with van der Waals surface area (Å²) in [4.78, 5) is 25.7. The number of guanidine groups is 1. The van der Waals surface area contributed by atoms with Crippen LogP contribution in [-0.4, -0.2) is 39.0 Å². The van der Waals surface area contributed by atoms with Crippen molar-refractivity contribution in [3.8, 4) is 10.4 Å². The molecule has 0 amide bonds. The summed E-state index contributed by atoms with van der Waals surface area (Å²) in [5.74, 6) is 0.935. The third kappa shape index (κ3) is 2.58. The van der Waals surface area contributed by atoms with Gasteiger partial charge in [0.1, 0.15) is 11.0 Å². The summed E-state index contributed by atoms with van der Waals surface area (Å²) in [6, 6.07) is 9.60. The molecule has 1 unspecified atom stereocenters. The SMILES string of the molecule is CC12CC(n3cnc4cc(-c5ccc(Cl)cc5)sc4c3=O)=CC=C1N1CCN=C1N2. The van der Waals surface area contributed by atoms with E-state index in [1.165, 1.54) is 17.0 Å². The molecular formula is C22H18ClN5OS. The average molecular weight is 436 g/mol. The molecule has 1 saturated heterocycles. The van der Waals surface area contributed by atoms with Crippen LogP contribution in [0.15, 0.2) is 64.3 Å². The summed E-state index contributed by atoms with van der Waals surface area (Å²) >= 11 is 7.47. The first-order chi connectivity index (χ1) is 14.5. The van der Waals surface area contributed by atoms with E-state index in [0.717, 1.165) is 40.7 Å². The molecule has 3 aromatic rings. The molecule has 2 aliphatic heterocycles. The van der Waals surface area contributed by atoms with Crippen LogP contribution in [0.3, 0.4) is 0 Å². The Bertz CT molecular complexity index is 1350. The van der Waals surface area contributed by atoms with Gasteiger partial charge in [-0.2, -0.15) is 0 Å². The summed E-state index contributed by atoms with van der Waals surface area (Å²) < 4.78 is 2.34. The van der Waals surface area contributed by atoms with Gasteiger partial charge in [-0.25, -0.2) is 4.98 Å². The summed E-state index contributed by atoms with van der Waals surface area (Å²) in [6.07, 6.45) is 6.47. The minimum atomic E-state index is -0.262. The molecule has 3 aliphatic rings. The highest BCUT2D eigenvalue weighted by molar-refractivity contribution is 7.22. The second-order valence-corrected chi connectivity index (χ2v) is 9.44. The summed E-state index contributed by atoms with van der Waals surface area (Å²) in [6.45, 7) is 3.89. The number of benzene rings is 1. The van der Waals surface area contributed by atoms with E-state index in [0.29, 0.717) is 16.1 Å². The molecule has 30 heavy (non-hydrogen) atoms. The van der Waals surface area contributed by atoms with Crippen LogP contribution in [0.25, 0.3) is 26.4 Å². The van der Waals surface area contributed by atoms with Crippen molar-refractivity contribution >= 4 is 44.8 Å². The van der Waals surface area contributed by atoms with Crippen molar-refractivity contribution in [3.05, 3.63) is 69.9 Å². The maximum atomic E-state index is 13.3. The maximum Gasteiger partial charge on any atom is 0.275 e. The van der Waals surface area contributed by atoms with Crippen LogP contribution in [0.5, 0.6) is 0 Å². The van der Waals surface area contributed by atoms with Crippen LogP contribution < -0.4 is 10.9 Å². The first-order valence-corrected chi connectivity index (χ1v) is 11.0. The Labute approximate surface area is 181 Å². The molecular weight excluding hydrogens is 418 g/mol. The molecule has 2 aromatic heterocycles. The van der Waals surface area contributed by atoms with Crippen molar-refractivity contribution in [1.29, 1.82) is 0 Å². The third-order valence-electron chi connectivity index (χ3n) is 5.93. The van der Waals surface area contributed by atoms with E-state index < -0.39 is 0 Å². The van der Waals surface area contributed by atoms with Crippen LogP contribution in [0.4, 0.5) is 0 Å². The monoisotopic (exact) mass is 435 g/mol. The topological polar surface area (TPSA) is 62.5 Å². The summed E-state index contributed by atoms with van der Waals surface area (Å²) in [5.41, 5.74) is 3.59. The Balaban J connectivity index is 1.41. The van der Waals surface area contributed by atoms with E-state index in [9.17, 15) is 4.79 Å². The Morgan fingerprint density at radius 3 is 2.90 bits per heavy atom. The van der Waals surface area contributed by atoms with E-state index in [1.807, 2.05) is 36.4 Å². The van der Waals surface area contributed by atoms with Gasteiger partial charge < -0.3 is 10.2 Å². The third-order valence-corrected chi connectivity index (χ3v) is 7.34. The minimum absolute atomic E-state index is 0.0345. The van der Waals surface area contributed by atoms with Crippen molar-refractivity contribution in [2.45, 2.75) is 18.9 Å². The Hall–Kier alpha value is -2.90. The molecule has 1 atom stereocenters. The van der Waals surface area contributed by atoms with Crippen molar-refractivity contribution in [2.24, 2.45) is 4.99 Å². The number of hydrogen-bond donors (Lipinski definition) is 1. The molecule has 0 spiro atoms. The van der Waals surface area contributed by atoms with Crippen molar-refractivity contribution in [1.82, 2.24) is 19.8 Å². The lowest BCUT2D eigenvalue weighted by molar-refractivity contribution is 0.452. The van der Waals surface area contributed by atoms with E-state index in [4.69, 9.17) is 11.6 Å². The van der Waals surface area contributed by atoms with E-state index in [-0.39, 0.29) is 11.1 Å². The van der Waals surface area contributed by atoms with Gasteiger partial charge in [0.2, 0.25) is 0 Å². The Morgan fingerprint density at radius 2 is 2.07 bits per heavy atom. The maximum absolute atomic E-state index is 13.3. The second kappa shape index (κ2) is 6.30. The van der Waals surface area contributed by atoms with Crippen LogP contribution in [0.2, 0.25) is 5.02 Å². The van der Waals surface area contributed by atoms with Crippen LogP contribution in [-0.2, 0) is 0 Å². The van der Waals surface area contributed by atoms with Gasteiger partial charge in [-0.1, -0.05) is 23.7 Å². The predicted octanol–water partition coefficient (Wildman–Crippen LogP) is 3.94. The van der Waals surface area contributed by atoms with Crippen molar-refractivity contribution < 1.29 is 0 Å². The lowest BCUT2D eigenvalue weighted by Crippen LogP contribution is -2.42. The van der Waals surface area contributed by atoms with Crippen LogP contribution in [0, 0.1) is 0 Å². The molecule has 0 radical (unpaired) electrons. The molecule has 1 fully saturated rings. The van der Waals surface area contributed by atoms with Crippen molar-refractivity contribution in [3.63, 3.8) is 0 Å². The molecule has 6 rings (SSSR count). The first kappa shape index (κ1) is 17.9. The predicted molar refractivity (Wildman–Crippen MR) is 122 cm³/mol. The Morgan fingerprint density at radius 1 is 1.23 bits per heavy atom. The molecule has 150 valence electrons. The molecule has 6 nitrogen and oxygen atoms in total. The normalized spacial score (nSPS) is 22.3. The lowest BCUT2D eigenvalue weighted by atomic mass is 9.88.